The first-order valence-electron chi connectivity index (χ1n) is 12.0. The summed E-state index contributed by atoms with van der Waals surface area (Å²) in [5.74, 6) is -0.145. The second kappa shape index (κ2) is 10.8. The van der Waals surface area contributed by atoms with Gasteiger partial charge in [-0.05, 0) is 67.8 Å². The largest absolute Gasteiger partial charge is 0.489 e. The molecule has 3 N–H and O–H groups in total. The van der Waals surface area contributed by atoms with Gasteiger partial charge in [0.1, 0.15) is 23.7 Å². The van der Waals surface area contributed by atoms with E-state index in [2.05, 4.69) is 4.40 Å². The van der Waals surface area contributed by atoms with Crippen LogP contribution in [0, 0.1) is 0 Å². The molecule has 0 unspecified atom stereocenters. The molecule has 0 radical (unpaired) electrons. The zero-order valence-corrected chi connectivity index (χ0v) is 22.3. The molecule has 0 aliphatic heterocycles. The Labute approximate surface area is 221 Å². The predicted octanol–water partition coefficient (Wildman–Crippen LogP) is 5.31. The van der Waals surface area contributed by atoms with Crippen molar-refractivity contribution in [2.75, 3.05) is 0 Å². The molecule has 0 saturated heterocycles. The maximum atomic E-state index is 12.5. The van der Waals surface area contributed by atoms with Crippen molar-refractivity contribution in [2.45, 2.75) is 45.1 Å². The van der Waals surface area contributed by atoms with Gasteiger partial charge in [0, 0.05) is 23.1 Å². The number of nitrogens with two attached hydrogens (primary N) is 1. The van der Waals surface area contributed by atoms with E-state index in [0.717, 1.165) is 27.6 Å². The number of benzene rings is 3. The fourth-order valence-electron chi connectivity index (χ4n) is 3.86. The molecule has 4 aromatic rings. The molecule has 1 aromatic heterocycles. The monoisotopic (exact) mass is 534 g/mol. The first kappa shape index (κ1) is 27.1. The van der Waals surface area contributed by atoms with E-state index in [-0.39, 0.29) is 13.0 Å². The summed E-state index contributed by atoms with van der Waals surface area (Å²) in [5, 5.41) is 9.96. The summed E-state index contributed by atoms with van der Waals surface area (Å²) >= 11 is 0. The van der Waals surface area contributed by atoms with Gasteiger partial charge in [-0.2, -0.15) is 4.40 Å². The Morgan fingerprint density at radius 1 is 1.05 bits per heavy atom. The van der Waals surface area contributed by atoms with Crippen molar-refractivity contribution in [1.29, 1.82) is 0 Å². The maximum absolute atomic E-state index is 12.5. The Bertz CT molecular complexity index is 1610. The van der Waals surface area contributed by atoms with E-state index in [9.17, 15) is 18.3 Å². The number of hydrogen-bond donors (Lipinski definition) is 2. The Morgan fingerprint density at radius 3 is 2.53 bits per heavy atom. The van der Waals surface area contributed by atoms with Crippen LogP contribution in [0.3, 0.4) is 0 Å². The number of rotatable bonds is 9. The van der Waals surface area contributed by atoms with Gasteiger partial charge in [0.2, 0.25) is 0 Å². The predicted molar refractivity (Wildman–Crippen MR) is 148 cm³/mol. The number of carbonyl (C=O) groups is 1. The lowest BCUT2D eigenvalue weighted by molar-refractivity contribution is -0.136. The summed E-state index contributed by atoms with van der Waals surface area (Å²) in [7, 11) is -3.73. The van der Waals surface area contributed by atoms with Crippen LogP contribution in [0.5, 0.6) is 5.75 Å². The molecule has 38 heavy (non-hydrogen) atoms. The smallest absolute Gasteiger partial charge is 0.307 e. The molecule has 0 atom stereocenters. The first-order chi connectivity index (χ1) is 18.0. The number of ether oxygens (including phenoxy) is 1. The van der Waals surface area contributed by atoms with Crippen molar-refractivity contribution in [3.63, 3.8) is 0 Å². The lowest BCUT2D eigenvalue weighted by Gasteiger charge is -2.14. The number of fused-ring (bicyclic) bond motifs is 1. The molecule has 0 aliphatic carbocycles. The number of aliphatic carboxylic acids is 1. The molecule has 0 saturated carbocycles. The second-order valence-corrected chi connectivity index (χ2v) is 12.3. The van der Waals surface area contributed by atoms with Crippen LogP contribution in [0.4, 0.5) is 0 Å². The third kappa shape index (κ3) is 6.12. The highest BCUT2D eigenvalue weighted by molar-refractivity contribution is 7.91. The standard InChI is InChI=1S/C29H30N2O6S/c1-29(2,3)38(34,35)31-17-24-14-23-12-20(18-36-26-10-5-4-8-22(26)15-27(32)33)13-25(28(23)37-24)21-9-6-7-19(11-21)16-30/h4-14,17H,15-16,18,30H2,1-3H3,(H,32,33). The van der Waals surface area contributed by atoms with Crippen LogP contribution in [0.15, 0.2) is 75.5 Å². The molecule has 0 bridgehead atoms. The number of carboxylic acids is 1. The Balaban J connectivity index is 1.76. The van der Waals surface area contributed by atoms with Gasteiger partial charge in [0.15, 0.2) is 0 Å². The molecule has 0 aliphatic rings. The number of hydrogen-bond acceptors (Lipinski definition) is 6. The fraction of sp³-hybridized carbons (Fsp3) is 0.241. The maximum Gasteiger partial charge on any atom is 0.307 e. The molecule has 9 heteroatoms. The summed E-state index contributed by atoms with van der Waals surface area (Å²) in [5.41, 5.74) is 10.5. The minimum Gasteiger partial charge on any atom is -0.489 e. The van der Waals surface area contributed by atoms with E-state index < -0.39 is 20.7 Å². The van der Waals surface area contributed by atoms with E-state index in [4.69, 9.17) is 14.9 Å². The first-order valence-corrected chi connectivity index (χ1v) is 13.5. The fourth-order valence-corrected chi connectivity index (χ4v) is 4.42. The number of sulfonamides is 1. The highest BCUT2D eigenvalue weighted by Crippen LogP contribution is 2.33. The Kier molecular flexibility index (Phi) is 7.71. The van der Waals surface area contributed by atoms with Gasteiger partial charge in [-0.3, -0.25) is 4.79 Å². The van der Waals surface area contributed by atoms with E-state index in [1.807, 2.05) is 36.4 Å². The van der Waals surface area contributed by atoms with E-state index in [1.54, 1.807) is 51.1 Å². The normalized spacial score (nSPS) is 12.3. The van der Waals surface area contributed by atoms with E-state index in [0.29, 0.717) is 29.2 Å². The van der Waals surface area contributed by atoms with Crippen LogP contribution < -0.4 is 10.5 Å². The molecule has 0 spiro atoms. The summed E-state index contributed by atoms with van der Waals surface area (Å²) < 4.78 is 39.8. The number of nitrogens with zero attached hydrogens (tertiary/aromatic N) is 1. The van der Waals surface area contributed by atoms with Gasteiger partial charge >= 0.3 is 5.97 Å². The summed E-state index contributed by atoms with van der Waals surface area (Å²) in [6, 6.07) is 20.4. The topological polar surface area (TPSA) is 132 Å². The van der Waals surface area contributed by atoms with Crippen LogP contribution >= 0.6 is 0 Å². The van der Waals surface area contributed by atoms with Gasteiger partial charge in [0.25, 0.3) is 10.0 Å². The molecular weight excluding hydrogens is 504 g/mol. The van der Waals surface area contributed by atoms with Crippen LogP contribution in [-0.2, 0) is 34.4 Å². The molecule has 3 aromatic carbocycles. The van der Waals surface area contributed by atoms with Crippen molar-refractivity contribution in [1.82, 2.24) is 0 Å². The zero-order valence-electron chi connectivity index (χ0n) is 21.5. The van der Waals surface area contributed by atoms with Crippen molar-refractivity contribution in [2.24, 2.45) is 10.1 Å². The average Bonchev–Trinajstić information content (AvgIpc) is 3.28. The quantitative estimate of drug-likeness (QED) is 0.278. The third-order valence-corrected chi connectivity index (χ3v) is 7.90. The zero-order chi connectivity index (χ0) is 27.5. The summed E-state index contributed by atoms with van der Waals surface area (Å²) in [6.45, 7) is 5.31. The van der Waals surface area contributed by atoms with Crippen LogP contribution in [0.1, 0.15) is 43.2 Å². The van der Waals surface area contributed by atoms with Gasteiger partial charge in [0.05, 0.1) is 17.4 Å². The second-order valence-electron chi connectivity index (χ2n) is 9.90. The number of furan rings is 1. The van der Waals surface area contributed by atoms with Gasteiger partial charge in [-0.25, -0.2) is 8.42 Å². The summed E-state index contributed by atoms with van der Waals surface area (Å²) in [6.07, 6.45) is 1.08. The van der Waals surface area contributed by atoms with Crippen LogP contribution in [0.25, 0.3) is 22.1 Å². The highest BCUT2D eigenvalue weighted by atomic mass is 32.2. The van der Waals surface area contributed by atoms with E-state index in [1.165, 1.54) is 6.21 Å². The lowest BCUT2D eigenvalue weighted by Crippen LogP contribution is -2.25. The van der Waals surface area contributed by atoms with Crippen molar-refractivity contribution >= 4 is 33.2 Å². The lowest BCUT2D eigenvalue weighted by atomic mass is 9.99. The molecule has 8 nitrogen and oxygen atoms in total. The molecule has 1 heterocycles. The molecule has 198 valence electrons. The van der Waals surface area contributed by atoms with E-state index >= 15 is 0 Å². The molecular formula is C29H30N2O6S. The van der Waals surface area contributed by atoms with Crippen molar-refractivity contribution in [3.05, 3.63) is 89.2 Å². The van der Waals surface area contributed by atoms with Crippen LogP contribution in [-0.4, -0.2) is 30.5 Å². The minimum atomic E-state index is -3.73. The highest BCUT2D eigenvalue weighted by Gasteiger charge is 2.28. The average molecular weight is 535 g/mol. The molecule has 0 amide bonds. The SMILES string of the molecule is CC(C)(C)S(=O)(=O)N=Cc1cc2cc(COc3ccccc3CC(=O)O)cc(-c3cccc(CN)c3)c2o1. The Hall–Kier alpha value is -3.95. The number of carboxylic acid groups (broad SMARTS) is 1. The minimum absolute atomic E-state index is 0.145. The van der Waals surface area contributed by atoms with Gasteiger partial charge < -0.3 is 20.0 Å². The summed E-state index contributed by atoms with van der Waals surface area (Å²) in [4.78, 5) is 11.2. The van der Waals surface area contributed by atoms with Crippen molar-refractivity contribution in [3.8, 4) is 16.9 Å². The Morgan fingerprint density at radius 2 is 1.82 bits per heavy atom. The third-order valence-electron chi connectivity index (χ3n) is 5.97. The van der Waals surface area contributed by atoms with Crippen molar-refractivity contribution < 1.29 is 27.5 Å². The molecule has 4 rings (SSSR count). The number of para-hydroxylation sites is 1. The van der Waals surface area contributed by atoms with Crippen LogP contribution in [0.2, 0.25) is 0 Å². The molecule has 0 fully saturated rings. The van der Waals surface area contributed by atoms with Gasteiger partial charge in [-0.1, -0.05) is 36.4 Å². The van der Waals surface area contributed by atoms with Gasteiger partial charge in [-0.15, -0.1) is 0 Å².